The highest BCUT2D eigenvalue weighted by Crippen LogP contribution is 2.41. The molecule has 1 N–H and O–H groups in total. The third-order valence-electron chi connectivity index (χ3n) is 3.49. The fraction of sp³-hybridized carbons (Fsp3) is 0.0625. The number of hydrogen-bond acceptors (Lipinski definition) is 6. The standard InChI is InChI=1S/C16H12N2O5S/c1-23-17(12-7-6-10-4-2-3-5-11(10)8-12)14-13(18(21)22)9-24-15(14)16(19)20/h2-9H,1H3,(H,19,20). The van der Waals surface area contributed by atoms with Gasteiger partial charge in [-0.15, -0.1) is 11.3 Å². The van der Waals surface area contributed by atoms with Crippen LogP contribution in [0.1, 0.15) is 9.67 Å². The molecule has 122 valence electrons. The number of anilines is 2. The maximum Gasteiger partial charge on any atom is 0.348 e. The van der Waals surface area contributed by atoms with E-state index in [1.807, 2.05) is 30.3 Å². The Morgan fingerprint density at radius 2 is 1.96 bits per heavy atom. The van der Waals surface area contributed by atoms with Crippen LogP contribution in [-0.2, 0) is 4.84 Å². The number of aromatic carboxylic acids is 1. The molecule has 0 aliphatic rings. The van der Waals surface area contributed by atoms with E-state index in [0.717, 1.165) is 22.1 Å². The predicted octanol–water partition coefficient (Wildman–Crippen LogP) is 4.21. The molecule has 0 saturated carbocycles. The molecule has 3 aromatic rings. The molecule has 0 aliphatic heterocycles. The lowest BCUT2D eigenvalue weighted by molar-refractivity contribution is -0.383. The van der Waals surface area contributed by atoms with Crippen molar-refractivity contribution >= 4 is 45.1 Å². The third-order valence-corrected chi connectivity index (χ3v) is 4.44. The topological polar surface area (TPSA) is 92.9 Å². The lowest BCUT2D eigenvalue weighted by atomic mass is 10.1. The SMILES string of the molecule is CON(c1ccc2ccccc2c1)c1c([N+](=O)[O-])csc1C(=O)O. The Labute approximate surface area is 140 Å². The van der Waals surface area contributed by atoms with Crippen molar-refractivity contribution in [3.05, 3.63) is 62.8 Å². The van der Waals surface area contributed by atoms with Crippen molar-refractivity contribution in [2.45, 2.75) is 0 Å². The highest BCUT2D eigenvalue weighted by atomic mass is 32.1. The van der Waals surface area contributed by atoms with Crippen LogP contribution in [-0.4, -0.2) is 23.1 Å². The molecule has 0 atom stereocenters. The van der Waals surface area contributed by atoms with Crippen molar-refractivity contribution in [3.8, 4) is 0 Å². The molecule has 2 aromatic carbocycles. The summed E-state index contributed by atoms with van der Waals surface area (Å²) in [4.78, 5) is 27.2. The van der Waals surface area contributed by atoms with Crippen molar-refractivity contribution in [3.63, 3.8) is 0 Å². The summed E-state index contributed by atoms with van der Waals surface area (Å²) in [7, 11) is 1.34. The average Bonchev–Trinajstić information content (AvgIpc) is 3.01. The predicted molar refractivity (Wildman–Crippen MR) is 91.0 cm³/mol. The van der Waals surface area contributed by atoms with E-state index in [-0.39, 0.29) is 16.3 Å². The number of thiophene rings is 1. The van der Waals surface area contributed by atoms with Crippen molar-refractivity contribution in [1.82, 2.24) is 0 Å². The molecule has 0 aliphatic carbocycles. The van der Waals surface area contributed by atoms with Gasteiger partial charge in [0, 0.05) is 0 Å². The van der Waals surface area contributed by atoms with Gasteiger partial charge in [-0.3, -0.25) is 15.0 Å². The summed E-state index contributed by atoms with van der Waals surface area (Å²) in [5.41, 5.74) is 0.0999. The normalized spacial score (nSPS) is 10.7. The first kappa shape index (κ1) is 15.9. The van der Waals surface area contributed by atoms with E-state index in [1.165, 1.54) is 17.6 Å². The molecule has 0 fully saturated rings. The van der Waals surface area contributed by atoms with Crippen molar-refractivity contribution < 1.29 is 19.7 Å². The van der Waals surface area contributed by atoms with E-state index in [2.05, 4.69) is 0 Å². The van der Waals surface area contributed by atoms with E-state index < -0.39 is 10.9 Å². The van der Waals surface area contributed by atoms with Gasteiger partial charge in [0.25, 0.3) is 0 Å². The maximum absolute atomic E-state index is 11.4. The zero-order valence-electron chi connectivity index (χ0n) is 12.5. The zero-order chi connectivity index (χ0) is 17.3. The van der Waals surface area contributed by atoms with Gasteiger partial charge in [-0.2, -0.15) is 0 Å². The number of benzene rings is 2. The number of nitro groups is 1. The summed E-state index contributed by atoms with van der Waals surface area (Å²) in [5.74, 6) is -1.24. The molecule has 0 unspecified atom stereocenters. The van der Waals surface area contributed by atoms with Crippen LogP contribution < -0.4 is 5.06 Å². The molecule has 0 saturated heterocycles. The molecule has 24 heavy (non-hydrogen) atoms. The Balaban J connectivity index is 2.19. The number of nitrogens with zero attached hydrogens (tertiary/aromatic N) is 2. The number of carboxylic acid groups (broad SMARTS) is 1. The molecule has 1 aromatic heterocycles. The Morgan fingerprint density at radius 1 is 1.25 bits per heavy atom. The third kappa shape index (κ3) is 2.68. The van der Waals surface area contributed by atoms with Crippen LogP contribution >= 0.6 is 11.3 Å². The van der Waals surface area contributed by atoms with Gasteiger partial charge in [0.15, 0.2) is 5.69 Å². The van der Waals surface area contributed by atoms with E-state index in [1.54, 1.807) is 12.1 Å². The van der Waals surface area contributed by atoms with Crippen LogP contribution in [0.3, 0.4) is 0 Å². The summed E-state index contributed by atoms with van der Waals surface area (Å²) >= 11 is 0.792. The van der Waals surface area contributed by atoms with Crippen molar-refractivity contribution in [2.75, 3.05) is 12.2 Å². The second-order valence-electron chi connectivity index (χ2n) is 4.87. The van der Waals surface area contributed by atoms with Gasteiger partial charge in [0.05, 0.1) is 23.1 Å². The van der Waals surface area contributed by atoms with Gasteiger partial charge in [0.1, 0.15) is 4.88 Å². The van der Waals surface area contributed by atoms with Gasteiger partial charge in [-0.05, 0) is 22.9 Å². The van der Waals surface area contributed by atoms with E-state index in [0.29, 0.717) is 5.69 Å². The zero-order valence-corrected chi connectivity index (χ0v) is 13.3. The number of fused-ring (bicyclic) bond motifs is 1. The lowest BCUT2D eigenvalue weighted by Gasteiger charge is -2.21. The van der Waals surface area contributed by atoms with Crippen LogP contribution in [0.4, 0.5) is 17.1 Å². The first-order chi connectivity index (χ1) is 11.5. The fourth-order valence-corrected chi connectivity index (χ4v) is 3.28. The first-order valence-corrected chi connectivity index (χ1v) is 7.73. The van der Waals surface area contributed by atoms with Crippen LogP contribution in [0.5, 0.6) is 0 Å². The Bertz CT molecular complexity index is 906. The van der Waals surface area contributed by atoms with Crippen LogP contribution in [0.2, 0.25) is 0 Å². The van der Waals surface area contributed by atoms with Gasteiger partial charge in [-0.25, -0.2) is 9.86 Å². The van der Waals surface area contributed by atoms with E-state index in [9.17, 15) is 20.0 Å². The molecule has 1 heterocycles. The Hall–Kier alpha value is -2.97. The highest BCUT2D eigenvalue weighted by molar-refractivity contribution is 7.13. The number of rotatable bonds is 5. The monoisotopic (exact) mass is 344 g/mol. The highest BCUT2D eigenvalue weighted by Gasteiger charge is 2.30. The summed E-state index contributed by atoms with van der Waals surface area (Å²) in [6.45, 7) is 0. The van der Waals surface area contributed by atoms with Gasteiger partial charge in [0.2, 0.25) is 0 Å². The molecule has 0 radical (unpaired) electrons. The minimum atomic E-state index is -1.24. The molecule has 7 nitrogen and oxygen atoms in total. The van der Waals surface area contributed by atoms with Gasteiger partial charge >= 0.3 is 11.7 Å². The minimum Gasteiger partial charge on any atom is -0.477 e. The largest absolute Gasteiger partial charge is 0.477 e. The molecule has 0 bridgehead atoms. The quantitative estimate of drug-likeness (QED) is 0.550. The second-order valence-corrected chi connectivity index (χ2v) is 5.75. The molecular formula is C16H12N2O5S. The number of carbonyl (C=O) groups is 1. The van der Waals surface area contributed by atoms with Crippen LogP contribution in [0.15, 0.2) is 47.8 Å². The maximum atomic E-state index is 11.4. The van der Waals surface area contributed by atoms with Gasteiger partial charge in [-0.1, -0.05) is 30.3 Å². The number of hydrogen-bond donors (Lipinski definition) is 1. The Kier molecular flexibility index (Phi) is 4.15. The molecule has 0 amide bonds. The van der Waals surface area contributed by atoms with Crippen molar-refractivity contribution in [1.29, 1.82) is 0 Å². The first-order valence-electron chi connectivity index (χ1n) is 6.85. The average molecular weight is 344 g/mol. The number of carboxylic acids is 1. The smallest absolute Gasteiger partial charge is 0.348 e. The summed E-state index contributed by atoms with van der Waals surface area (Å²) in [6.07, 6.45) is 0. The summed E-state index contributed by atoms with van der Waals surface area (Å²) < 4.78 is 0. The summed E-state index contributed by atoms with van der Waals surface area (Å²) in [5, 5.41) is 24.9. The Morgan fingerprint density at radius 3 is 2.58 bits per heavy atom. The molecule has 8 heteroatoms. The van der Waals surface area contributed by atoms with E-state index in [4.69, 9.17) is 4.84 Å². The van der Waals surface area contributed by atoms with Crippen LogP contribution in [0.25, 0.3) is 10.8 Å². The summed E-state index contributed by atoms with van der Waals surface area (Å²) in [6, 6.07) is 13.0. The van der Waals surface area contributed by atoms with E-state index >= 15 is 0 Å². The minimum absolute atomic E-state index is 0.0877. The second kappa shape index (κ2) is 6.26. The molecule has 0 spiro atoms. The van der Waals surface area contributed by atoms with Gasteiger partial charge < -0.3 is 5.11 Å². The van der Waals surface area contributed by atoms with Crippen LogP contribution in [0, 0.1) is 10.1 Å². The molecular weight excluding hydrogens is 332 g/mol. The molecule has 3 rings (SSSR count). The van der Waals surface area contributed by atoms with Crippen molar-refractivity contribution in [2.24, 2.45) is 0 Å². The fourth-order valence-electron chi connectivity index (χ4n) is 2.45. The lowest BCUT2D eigenvalue weighted by Crippen LogP contribution is -2.18.